The monoisotopic (exact) mass is 194 g/mol. The van der Waals surface area contributed by atoms with Crippen LogP contribution in [0.15, 0.2) is 10.6 Å². The van der Waals surface area contributed by atoms with Crippen molar-refractivity contribution in [3.8, 4) is 0 Å². The topological polar surface area (TPSA) is 38.1 Å². The van der Waals surface area contributed by atoms with E-state index < -0.39 is 0 Å². The van der Waals surface area contributed by atoms with Crippen LogP contribution in [-0.2, 0) is 6.54 Å². The van der Waals surface area contributed by atoms with Crippen LogP contribution in [0.5, 0.6) is 0 Å². The summed E-state index contributed by atoms with van der Waals surface area (Å²) in [5.41, 5.74) is 0. The molecule has 0 bridgehead atoms. The van der Waals surface area contributed by atoms with Crippen LogP contribution in [0.1, 0.15) is 49.7 Å². The van der Waals surface area contributed by atoms with Crippen molar-refractivity contribution in [3.05, 3.63) is 17.8 Å². The van der Waals surface area contributed by atoms with E-state index in [1.165, 1.54) is 32.1 Å². The molecule has 1 aliphatic carbocycles. The van der Waals surface area contributed by atoms with Gasteiger partial charge in [0.2, 0.25) is 0 Å². The Balaban J connectivity index is 2.00. The summed E-state index contributed by atoms with van der Waals surface area (Å²) >= 11 is 0. The molecule has 1 aromatic heterocycles. The molecule has 2 rings (SSSR count). The standard InChI is InChI=1S/C11H18N2O/c1-12-7-10-8-13-11(14-10)9-5-3-2-4-6-9/h8-9,12H,2-7H2,1H3. The Morgan fingerprint density at radius 2 is 2.21 bits per heavy atom. The SMILES string of the molecule is CNCc1cnc(C2CCCCC2)o1. The Morgan fingerprint density at radius 1 is 1.43 bits per heavy atom. The van der Waals surface area contributed by atoms with Gasteiger partial charge < -0.3 is 9.73 Å². The minimum absolute atomic E-state index is 0.578. The molecule has 14 heavy (non-hydrogen) atoms. The van der Waals surface area contributed by atoms with Gasteiger partial charge in [0.25, 0.3) is 0 Å². The number of rotatable bonds is 3. The van der Waals surface area contributed by atoms with Crippen molar-refractivity contribution in [2.45, 2.75) is 44.6 Å². The second-order valence-corrected chi connectivity index (χ2v) is 4.03. The molecule has 0 spiro atoms. The van der Waals surface area contributed by atoms with Crippen molar-refractivity contribution in [1.29, 1.82) is 0 Å². The lowest BCUT2D eigenvalue weighted by Crippen LogP contribution is -2.05. The quantitative estimate of drug-likeness (QED) is 0.803. The van der Waals surface area contributed by atoms with Crippen molar-refractivity contribution < 1.29 is 4.42 Å². The van der Waals surface area contributed by atoms with Crippen LogP contribution < -0.4 is 5.32 Å². The molecule has 1 aromatic rings. The second-order valence-electron chi connectivity index (χ2n) is 4.03. The number of hydrogen-bond donors (Lipinski definition) is 1. The van der Waals surface area contributed by atoms with Crippen molar-refractivity contribution in [2.24, 2.45) is 0 Å². The average Bonchev–Trinajstić information content (AvgIpc) is 2.68. The molecule has 78 valence electrons. The molecule has 0 aliphatic heterocycles. The number of aromatic nitrogens is 1. The summed E-state index contributed by atoms with van der Waals surface area (Å²) in [4.78, 5) is 4.35. The van der Waals surface area contributed by atoms with Crippen LogP contribution >= 0.6 is 0 Å². The number of oxazole rings is 1. The predicted molar refractivity (Wildman–Crippen MR) is 55.1 cm³/mol. The molecule has 1 aliphatic rings. The largest absolute Gasteiger partial charge is 0.444 e. The normalized spacial score (nSPS) is 18.6. The fraction of sp³-hybridized carbons (Fsp3) is 0.727. The van der Waals surface area contributed by atoms with E-state index in [4.69, 9.17) is 4.42 Å². The number of hydrogen-bond acceptors (Lipinski definition) is 3. The molecule has 1 fully saturated rings. The molecule has 0 unspecified atom stereocenters. The zero-order chi connectivity index (χ0) is 9.80. The van der Waals surface area contributed by atoms with Gasteiger partial charge in [0, 0.05) is 5.92 Å². The highest BCUT2D eigenvalue weighted by atomic mass is 16.4. The second kappa shape index (κ2) is 4.60. The first-order chi connectivity index (χ1) is 6.90. The van der Waals surface area contributed by atoms with E-state index in [2.05, 4.69) is 10.3 Å². The highest BCUT2D eigenvalue weighted by Gasteiger charge is 2.19. The van der Waals surface area contributed by atoms with Gasteiger partial charge in [0.15, 0.2) is 5.89 Å². The summed E-state index contributed by atoms with van der Waals surface area (Å²) < 4.78 is 5.69. The van der Waals surface area contributed by atoms with Crippen molar-refractivity contribution >= 4 is 0 Å². The van der Waals surface area contributed by atoms with Gasteiger partial charge in [-0.2, -0.15) is 0 Å². The van der Waals surface area contributed by atoms with Gasteiger partial charge in [-0.25, -0.2) is 4.98 Å². The van der Waals surface area contributed by atoms with Gasteiger partial charge in [-0.05, 0) is 19.9 Å². The minimum atomic E-state index is 0.578. The van der Waals surface area contributed by atoms with Gasteiger partial charge in [0.1, 0.15) is 5.76 Å². The van der Waals surface area contributed by atoms with Gasteiger partial charge in [-0.3, -0.25) is 0 Å². The molecule has 3 heteroatoms. The molecular weight excluding hydrogens is 176 g/mol. The van der Waals surface area contributed by atoms with Crippen LogP contribution in [0, 0.1) is 0 Å². The summed E-state index contributed by atoms with van der Waals surface area (Å²) in [6.45, 7) is 0.778. The summed E-state index contributed by atoms with van der Waals surface area (Å²) in [5.74, 6) is 2.48. The fourth-order valence-corrected chi connectivity index (χ4v) is 2.12. The third kappa shape index (κ3) is 2.15. The average molecular weight is 194 g/mol. The fourth-order valence-electron chi connectivity index (χ4n) is 2.12. The van der Waals surface area contributed by atoms with Crippen LogP contribution in [0.25, 0.3) is 0 Å². The summed E-state index contributed by atoms with van der Waals surface area (Å²) in [6.07, 6.45) is 8.38. The molecule has 0 saturated heterocycles. The van der Waals surface area contributed by atoms with E-state index in [9.17, 15) is 0 Å². The van der Waals surface area contributed by atoms with E-state index in [1.54, 1.807) is 0 Å². The predicted octanol–water partition coefficient (Wildman–Crippen LogP) is 2.44. The summed E-state index contributed by atoms with van der Waals surface area (Å²) in [6, 6.07) is 0. The zero-order valence-electron chi connectivity index (χ0n) is 8.75. The van der Waals surface area contributed by atoms with Gasteiger partial charge in [0.05, 0.1) is 12.7 Å². The van der Waals surface area contributed by atoms with E-state index in [0.29, 0.717) is 5.92 Å². The lowest BCUT2D eigenvalue weighted by Gasteiger charge is -2.17. The minimum Gasteiger partial charge on any atom is -0.444 e. The molecule has 1 N–H and O–H groups in total. The van der Waals surface area contributed by atoms with Crippen LogP contribution in [0.4, 0.5) is 0 Å². The smallest absolute Gasteiger partial charge is 0.197 e. The zero-order valence-corrected chi connectivity index (χ0v) is 8.75. The van der Waals surface area contributed by atoms with Crippen LogP contribution in [0.2, 0.25) is 0 Å². The Morgan fingerprint density at radius 3 is 2.93 bits per heavy atom. The van der Waals surface area contributed by atoms with Crippen molar-refractivity contribution in [1.82, 2.24) is 10.3 Å². The molecular formula is C11H18N2O. The first-order valence-corrected chi connectivity index (χ1v) is 5.49. The number of nitrogens with zero attached hydrogens (tertiary/aromatic N) is 1. The van der Waals surface area contributed by atoms with Crippen molar-refractivity contribution in [2.75, 3.05) is 7.05 Å². The molecule has 0 amide bonds. The third-order valence-electron chi connectivity index (χ3n) is 2.88. The molecule has 0 atom stereocenters. The maximum absolute atomic E-state index is 5.69. The first-order valence-electron chi connectivity index (χ1n) is 5.49. The van der Waals surface area contributed by atoms with E-state index in [-0.39, 0.29) is 0 Å². The Kier molecular flexibility index (Phi) is 3.19. The van der Waals surface area contributed by atoms with E-state index in [0.717, 1.165) is 18.2 Å². The Hall–Kier alpha value is -0.830. The maximum atomic E-state index is 5.69. The summed E-state index contributed by atoms with van der Waals surface area (Å²) in [5, 5.41) is 3.07. The Bertz CT molecular complexity index is 277. The van der Waals surface area contributed by atoms with Crippen molar-refractivity contribution in [3.63, 3.8) is 0 Å². The molecule has 3 nitrogen and oxygen atoms in total. The lowest BCUT2D eigenvalue weighted by molar-refractivity contribution is 0.349. The van der Waals surface area contributed by atoms with Crippen LogP contribution in [0.3, 0.4) is 0 Å². The highest BCUT2D eigenvalue weighted by molar-refractivity contribution is 4.99. The molecule has 0 radical (unpaired) electrons. The lowest BCUT2D eigenvalue weighted by atomic mass is 9.89. The summed E-state index contributed by atoms with van der Waals surface area (Å²) in [7, 11) is 1.92. The maximum Gasteiger partial charge on any atom is 0.197 e. The first kappa shape index (κ1) is 9.71. The third-order valence-corrected chi connectivity index (χ3v) is 2.88. The highest BCUT2D eigenvalue weighted by Crippen LogP contribution is 2.31. The molecule has 1 heterocycles. The van der Waals surface area contributed by atoms with E-state index in [1.807, 2.05) is 13.2 Å². The van der Waals surface area contributed by atoms with Gasteiger partial charge in [-0.15, -0.1) is 0 Å². The van der Waals surface area contributed by atoms with E-state index >= 15 is 0 Å². The van der Waals surface area contributed by atoms with Gasteiger partial charge >= 0.3 is 0 Å². The molecule has 0 aromatic carbocycles. The van der Waals surface area contributed by atoms with Crippen LogP contribution in [-0.4, -0.2) is 12.0 Å². The van der Waals surface area contributed by atoms with Gasteiger partial charge in [-0.1, -0.05) is 19.3 Å². The Labute approximate surface area is 84.9 Å². The molecule has 1 saturated carbocycles. The number of nitrogens with one attached hydrogen (secondary N) is 1.